The highest BCUT2D eigenvalue weighted by Crippen LogP contribution is 2.05. The largest absolute Gasteiger partial charge is 0.370 e. The summed E-state index contributed by atoms with van der Waals surface area (Å²) in [6, 6.07) is 6.90. The summed E-state index contributed by atoms with van der Waals surface area (Å²) < 4.78 is 2.55. The normalized spacial score (nSPS) is 10.5. The van der Waals surface area contributed by atoms with E-state index in [4.69, 9.17) is 0 Å². The lowest BCUT2D eigenvalue weighted by molar-refractivity contribution is 0.631. The summed E-state index contributed by atoms with van der Waals surface area (Å²) in [5.41, 5.74) is 0.0181. The Balaban J connectivity index is 2.29. The summed E-state index contributed by atoms with van der Waals surface area (Å²) >= 11 is 0. The predicted molar refractivity (Wildman–Crippen MR) is 78.1 cm³/mol. The number of nitrogens with zero attached hydrogens (tertiary/aromatic N) is 3. The van der Waals surface area contributed by atoms with Crippen LogP contribution < -0.4 is 16.6 Å². The van der Waals surface area contributed by atoms with Crippen molar-refractivity contribution in [2.45, 2.75) is 19.9 Å². The second-order valence-electron chi connectivity index (χ2n) is 4.57. The van der Waals surface area contributed by atoms with E-state index in [2.05, 4.69) is 17.2 Å². The van der Waals surface area contributed by atoms with Crippen LogP contribution in [0.4, 0.5) is 5.82 Å². The molecule has 0 spiro atoms. The van der Waals surface area contributed by atoms with Gasteiger partial charge in [-0.1, -0.05) is 13.0 Å². The average molecular weight is 274 g/mol. The molecule has 1 N–H and O–H groups in total. The summed E-state index contributed by atoms with van der Waals surface area (Å²) in [6.07, 6.45) is 2.47. The van der Waals surface area contributed by atoms with Gasteiger partial charge in [-0.15, -0.1) is 0 Å². The summed E-state index contributed by atoms with van der Waals surface area (Å²) in [5.74, 6) is 0.755. The van der Waals surface area contributed by atoms with Crippen LogP contribution in [0.5, 0.6) is 0 Å². The van der Waals surface area contributed by atoms with Gasteiger partial charge in [-0.2, -0.15) is 0 Å². The van der Waals surface area contributed by atoms with Gasteiger partial charge in [-0.05, 0) is 18.6 Å². The maximum absolute atomic E-state index is 11.9. The number of pyridine rings is 1. The predicted octanol–water partition coefficient (Wildman–Crippen LogP) is 0.812. The number of hydrogen-bond acceptors (Lipinski definition) is 4. The molecule has 0 atom stereocenters. The molecule has 6 heteroatoms. The average Bonchev–Trinajstić information content (AvgIpc) is 2.46. The molecular weight excluding hydrogens is 256 g/mol. The molecule has 20 heavy (non-hydrogen) atoms. The standard InChI is InChI=1S/C14H18N4O2/c1-3-8-15-12-6-4-5-11(16-12)10-18-13(19)7-9-17(2)14(18)20/h4-7,9H,3,8,10H2,1-2H3,(H,15,16). The second kappa shape index (κ2) is 6.18. The highest BCUT2D eigenvalue weighted by Gasteiger charge is 2.05. The Morgan fingerprint density at radius 1 is 1.25 bits per heavy atom. The van der Waals surface area contributed by atoms with Gasteiger partial charge in [0.25, 0.3) is 5.56 Å². The summed E-state index contributed by atoms with van der Waals surface area (Å²) in [7, 11) is 1.62. The van der Waals surface area contributed by atoms with Crippen molar-refractivity contribution in [2.75, 3.05) is 11.9 Å². The molecule has 0 unspecified atom stereocenters. The van der Waals surface area contributed by atoms with Crippen LogP contribution in [0.1, 0.15) is 19.0 Å². The topological polar surface area (TPSA) is 68.9 Å². The lowest BCUT2D eigenvalue weighted by atomic mass is 10.3. The van der Waals surface area contributed by atoms with Crippen molar-refractivity contribution in [3.63, 3.8) is 0 Å². The number of hydrogen-bond donors (Lipinski definition) is 1. The van der Waals surface area contributed by atoms with Crippen LogP contribution in [0.25, 0.3) is 0 Å². The molecule has 2 heterocycles. The maximum Gasteiger partial charge on any atom is 0.331 e. The minimum absolute atomic E-state index is 0.175. The molecule has 0 amide bonds. The highest BCUT2D eigenvalue weighted by atomic mass is 16.2. The minimum atomic E-state index is -0.341. The van der Waals surface area contributed by atoms with Crippen LogP contribution in [0, 0.1) is 0 Å². The first-order valence-corrected chi connectivity index (χ1v) is 6.58. The molecule has 0 fully saturated rings. The summed E-state index contributed by atoms with van der Waals surface area (Å²) in [6.45, 7) is 3.08. The van der Waals surface area contributed by atoms with Gasteiger partial charge in [0.1, 0.15) is 5.82 Å². The van der Waals surface area contributed by atoms with E-state index in [0.717, 1.165) is 18.8 Å². The van der Waals surface area contributed by atoms with Crippen molar-refractivity contribution in [1.29, 1.82) is 0 Å². The Hall–Kier alpha value is -2.37. The molecule has 0 aliphatic carbocycles. The lowest BCUT2D eigenvalue weighted by Gasteiger charge is -2.08. The third-order valence-electron chi connectivity index (χ3n) is 2.92. The molecule has 2 rings (SSSR count). The molecule has 0 saturated heterocycles. The molecule has 0 radical (unpaired) electrons. The highest BCUT2D eigenvalue weighted by molar-refractivity contribution is 5.35. The van der Waals surface area contributed by atoms with E-state index in [1.54, 1.807) is 13.1 Å². The van der Waals surface area contributed by atoms with Gasteiger partial charge in [0, 0.05) is 25.9 Å². The number of aromatic nitrogens is 3. The molecule has 2 aromatic rings. The second-order valence-corrected chi connectivity index (χ2v) is 4.57. The first-order chi connectivity index (χ1) is 9.61. The molecule has 2 aromatic heterocycles. The van der Waals surface area contributed by atoms with E-state index >= 15 is 0 Å². The first kappa shape index (κ1) is 14.0. The van der Waals surface area contributed by atoms with Gasteiger partial charge in [0.05, 0.1) is 12.2 Å². The van der Waals surface area contributed by atoms with Crippen molar-refractivity contribution in [3.05, 3.63) is 57.0 Å². The van der Waals surface area contributed by atoms with E-state index in [9.17, 15) is 9.59 Å². The molecule has 0 aromatic carbocycles. The van der Waals surface area contributed by atoms with Crippen molar-refractivity contribution < 1.29 is 0 Å². The zero-order valence-corrected chi connectivity index (χ0v) is 11.7. The first-order valence-electron chi connectivity index (χ1n) is 6.58. The molecular formula is C14H18N4O2. The molecule has 106 valence electrons. The molecule has 0 aliphatic rings. The van der Waals surface area contributed by atoms with E-state index in [-0.39, 0.29) is 17.8 Å². The number of aryl methyl sites for hydroxylation is 1. The Morgan fingerprint density at radius 3 is 2.80 bits per heavy atom. The minimum Gasteiger partial charge on any atom is -0.370 e. The smallest absolute Gasteiger partial charge is 0.331 e. The van der Waals surface area contributed by atoms with Gasteiger partial charge >= 0.3 is 5.69 Å². The van der Waals surface area contributed by atoms with Gasteiger partial charge < -0.3 is 9.88 Å². The van der Waals surface area contributed by atoms with Gasteiger partial charge in [-0.3, -0.25) is 9.36 Å². The Bertz CT molecular complexity index is 703. The van der Waals surface area contributed by atoms with E-state index in [1.807, 2.05) is 12.1 Å². The van der Waals surface area contributed by atoms with Gasteiger partial charge in [0.2, 0.25) is 0 Å². The van der Waals surface area contributed by atoms with E-state index in [1.165, 1.54) is 21.4 Å². The Labute approximate surface area is 116 Å². The monoisotopic (exact) mass is 274 g/mol. The number of rotatable bonds is 5. The Kier molecular flexibility index (Phi) is 4.34. The zero-order chi connectivity index (χ0) is 14.5. The van der Waals surface area contributed by atoms with Crippen LogP contribution in [0.3, 0.4) is 0 Å². The SMILES string of the molecule is CCCNc1cccc(Cn2c(=O)ccn(C)c2=O)n1. The summed E-state index contributed by atoms with van der Waals surface area (Å²) in [4.78, 5) is 28.1. The zero-order valence-electron chi connectivity index (χ0n) is 11.7. The van der Waals surface area contributed by atoms with Crippen molar-refractivity contribution in [2.24, 2.45) is 7.05 Å². The van der Waals surface area contributed by atoms with Crippen molar-refractivity contribution in [3.8, 4) is 0 Å². The quantitative estimate of drug-likeness (QED) is 0.876. The molecule has 0 saturated carbocycles. The van der Waals surface area contributed by atoms with E-state index < -0.39 is 0 Å². The fourth-order valence-corrected chi connectivity index (χ4v) is 1.84. The lowest BCUT2D eigenvalue weighted by Crippen LogP contribution is -2.38. The van der Waals surface area contributed by atoms with Crippen LogP contribution in [-0.2, 0) is 13.6 Å². The van der Waals surface area contributed by atoms with Crippen LogP contribution in [0.2, 0.25) is 0 Å². The van der Waals surface area contributed by atoms with Crippen molar-refractivity contribution in [1.82, 2.24) is 14.1 Å². The van der Waals surface area contributed by atoms with Crippen LogP contribution >= 0.6 is 0 Å². The maximum atomic E-state index is 11.9. The molecule has 0 bridgehead atoms. The molecule has 0 aliphatic heterocycles. The number of anilines is 1. The third-order valence-corrected chi connectivity index (χ3v) is 2.92. The summed E-state index contributed by atoms with van der Waals surface area (Å²) in [5, 5.41) is 3.18. The fraction of sp³-hybridized carbons (Fsp3) is 0.357. The van der Waals surface area contributed by atoms with Crippen molar-refractivity contribution >= 4 is 5.82 Å². The van der Waals surface area contributed by atoms with Crippen LogP contribution in [0.15, 0.2) is 40.1 Å². The third kappa shape index (κ3) is 3.14. The number of nitrogens with one attached hydrogen (secondary N) is 1. The van der Waals surface area contributed by atoms with Gasteiger partial charge in [0.15, 0.2) is 0 Å². The molecule has 6 nitrogen and oxygen atoms in total. The fourth-order valence-electron chi connectivity index (χ4n) is 1.84. The Morgan fingerprint density at radius 2 is 2.05 bits per heavy atom. The van der Waals surface area contributed by atoms with Crippen LogP contribution in [-0.4, -0.2) is 20.7 Å². The van der Waals surface area contributed by atoms with E-state index in [0.29, 0.717) is 5.69 Å². The van der Waals surface area contributed by atoms with Gasteiger partial charge in [-0.25, -0.2) is 9.78 Å².